The molecule has 0 bridgehead atoms. The molecule has 0 saturated carbocycles. The first-order chi connectivity index (χ1) is 12.3. The van der Waals surface area contributed by atoms with Crippen LogP contribution >= 0.6 is 0 Å². The van der Waals surface area contributed by atoms with Crippen LogP contribution in [0.25, 0.3) is 11.0 Å². The fourth-order valence-electron chi connectivity index (χ4n) is 3.24. The lowest BCUT2D eigenvalue weighted by atomic mass is 10.1. The van der Waals surface area contributed by atoms with Crippen LogP contribution in [-0.4, -0.2) is 27.2 Å². The number of fused-ring (bicyclic) bond motifs is 1. The highest BCUT2D eigenvalue weighted by Crippen LogP contribution is 2.26. The lowest BCUT2D eigenvalue weighted by molar-refractivity contribution is 0.0987. The average Bonchev–Trinajstić information content (AvgIpc) is 3.00. The van der Waals surface area contributed by atoms with Crippen molar-refractivity contribution in [3.8, 4) is 0 Å². The molecule has 0 unspecified atom stereocenters. The zero-order valence-corrected chi connectivity index (χ0v) is 16.4. The molecule has 0 saturated heterocycles. The molecular formula is C21H26N4O. The number of nitrogens with zero attached hydrogens (tertiary/aromatic N) is 4. The Morgan fingerprint density at radius 2 is 1.92 bits per heavy atom. The molecule has 1 aromatic carbocycles. The quantitative estimate of drug-likeness (QED) is 0.691. The van der Waals surface area contributed by atoms with Crippen LogP contribution in [0.15, 0.2) is 30.5 Å². The summed E-state index contributed by atoms with van der Waals surface area (Å²) in [5, 5.41) is 5.31. The van der Waals surface area contributed by atoms with E-state index >= 15 is 0 Å². The van der Waals surface area contributed by atoms with E-state index in [0.29, 0.717) is 12.1 Å². The monoisotopic (exact) mass is 350 g/mol. The molecule has 0 fully saturated rings. The van der Waals surface area contributed by atoms with Gasteiger partial charge in [-0.2, -0.15) is 5.10 Å². The van der Waals surface area contributed by atoms with E-state index < -0.39 is 0 Å². The number of benzene rings is 1. The number of hydrogen-bond donors (Lipinski definition) is 0. The van der Waals surface area contributed by atoms with Crippen molar-refractivity contribution in [2.24, 2.45) is 0 Å². The smallest absolute Gasteiger partial charge is 0.260 e. The van der Waals surface area contributed by atoms with E-state index in [9.17, 15) is 4.79 Å². The SMILES string of the molecule is CCN(C(=O)c1cc2cnn(C(C)C)c2nc1C)c1cc(C)ccc1C. The Hall–Kier alpha value is -2.69. The number of carbonyl (C=O) groups is 1. The minimum atomic E-state index is -0.0228. The average molecular weight is 350 g/mol. The fourth-order valence-corrected chi connectivity index (χ4v) is 3.24. The second kappa shape index (κ2) is 6.90. The molecule has 0 spiro atoms. The summed E-state index contributed by atoms with van der Waals surface area (Å²) in [5.41, 5.74) is 5.36. The molecule has 5 heteroatoms. The van der Waals surface area contributed by atoms with E-state index in [0.717, 1.165) is 33.5 Å². The predicted molar refractivity (Wildman–Crippen MR) is 106 cm³/mol. The van der Waals surface area contributed by atoms with Gasteiger partial charge in [-0.05, 0) is 64.8 Å². The minimum Gasteiger partial charge on any atom is -0.308 e. The van der Waals surface area contributed by atoms with Crippen LogP contribution in [0.2, 0.25) is 0 Å². The Bertz CT molecular complexity index is 972. The van der Waals surface area contributed by atoms with Gasteiger partial charge < -0.3 is 4.90 Å². The van der Waals surface area contributed by atoms with Gasteiger partial charge in [-0.1, -0.05) is 12.1 Å². The Labute approximate surface area is 154 Å². The molecule has 2 heterocycles. The molecule has 0 aliphatic heterocycles. The number of hydrogen-bond acceptors (Lipinski definition) is 3. The van der Waals surface area contributed by atoms with Gasteiger partial charge in [-0.15, -0.1) is 0 Å². The molecule has 3 rings (SSSR count). The number of amides is 1. The molecule has 26 heavy (non-hydrogen) atoms. The Morgan fingerprint density at radius 3 is 2.58 bits per heavy atom. The Kier molecular flexibility index (Phi) is 4.81. The van der Waals surface area contributed by atoms with E-state index in [1.54, 1.807) is 6.20 Å². The van der Waals surface area contributed by atoms with E-state index in [1.165, 1.54) is 0 Å². The van der Waals surface area contributed by atoms with Gasteiger partial charge in [0.2, 0.25) is 0 Å². The summed E-state index contributed by atoms with van der Waals surface area (Å²) in [5.74, 6) is -0.0228. The van der Waals surface area contributed by atoms with Gasteiger partial charge >= 0.3 is 0 Å². The number of carbonyl (C=O) groups excluding carboxylic acids is 1. The zero-order chi connectivity index (χ0) is 19.0. The second-order valence-electron chi connectivity index (χ2n) is 7.06. The van der Waals surface area contributed by atoms with E-state index in [4.69, 9.17) is 0 Å². The first-order valence-corrected chi connectivity index (χ1v) is 9.07. The number of aryl methyl sites for hydroxylation is 3. The van der Waals surface area contributed by atoms with Crippen molar-refractivity contribution in [3.05, 3.63) is 52.8 Å². The normalized spacial score (nSPS) is 11.3. The summed E-state index contributed by atoms with van der Waals surface area (Å²) in [4.78, 5) is 19.8. The van der Waals surface area contributed by atoms with Gasteiger partial charge in [-0.25, -0.2) is 9.67 Å². The van der Waals surface area contributed by atoms with Crippen molar-refractivity contribution < 1.29 is 4.79 Å². The van der Waals surface area contributed by atoms with Gasteiger partial charge in [0.25, 0.3) is 5.91 Å². The van der Waals surface area contributed by atoms with Crippen LogP contribution in [0.4, 0.5) is 5.69 Å². The van der Waals surface area contributed by atoms with Gasteiger partial charge in [0, 0.05) is 23.7 Å². The number of rotatable bonds is 4. The summed E-state index contributed by atoms with van der Waals surface area (Å²) in [6.07, 6.45) is 1.78. The predicted octanol–water partition coefficient (Wildman–Crippen LogP) is 4.60. The van der Waals surface area contributed by atoms with E-state index in [1.807, 2.05) is 43.3 Å². The molecule has 0 atom stereocenters. The van der Waals surface area contributed by atoms with Crippen LogP contribution in [0.5, 0.6) is 0 Å². The molecule has 0 aliphatic carbocycles. The van der Waals surface area contributed by atoms with Crippen LogP contribution in [-0.2, 0) is 0 Å². The molecule has 0 radical (unpaired) electrons. The van der Waals surface area contributed by atoms with Gasteiger partial charge in [0.1, 0.15) is 0 Å². The molecule has 1 amide bonds. The maximum Gasteiger partial charge on any atom is 0.260 e. The third-order valence-corrected chi connectivity index (χ3v) is 4.70. The maximum atomic E-state index is 13.3. The van der Waals surface area contributed by atoms with Crippen molar-refractivity contribution in [3.63, 3.8) is 0 Å². The van der Waals surface area contributed by atoms with Crippen LogP contribution in [0.3, 0.4) is 0 Å². The minimum absolute atomic E-state index is 0.0228. The third kappa shape index (κ3) is 3.09. The fraction of sp³-hybridized carbons (Fsp3) is 0.381. The second-order valence-corrected chi connectivity index (χ2v) is 7.06. The maximum absolute atomic E-state index is 13.3. The number of aromatic nitrogens is 3. The van der Waals surface area contributed by atoms with Crippen LogP contribution < -0.4 is 4.90 Å². The number of anilines is 1. The molecule has 0 aliphatic rings. The lowest BCUT2D eigenvalue weighted by Gasteiger charge is -2.24. The van der Waals surface area contributed by atoms with Crippen molar-refractivity contribution in [1.29, 1.82) is 0 Å². The van der Waals surface area contributed by atoms with Crippen molar-refractivity contribution in [2.45, 2.75) is 47.6 Å². The van der Waals surface area contributed by atoms with Crippen LogP contribution in [0, 0.1) is 20.8 Å². The summed E-state index contributed by atoms with van der Waals surface area (Å²) in [7, 11) is 0. The summed E-state index contributed by atoms with van der Waals surface area (Å²) in [6.45, 7) is 12.7. The molecule has 136 valence electrons. The first kappa shape index (κ1) is 18.1. The third-order valence-electron chi connectivity index (χ3n) is 4.70. The van der Waals surface area contributed by atoms with Crippen LogP contribution in [0.1, 0.15) is 54.0 Å². The van der Waals surface area contributed by atoms with Crippen molar-refractivity contribution in [1.82, 2.24) is 14.8 Å². The highest BCUT2D eigenvalue weighted by Gasteiger charge is 2.22. The summed E-state index contributed by atoms with van der Waals surface area (Å²) < 4.78 is 1.89. The number of pyridine rings is 1. The summed E-state index contributed by atoms with van der Waals surface area (Å²) in [6, 6.07) is 8.33. The molecule has 0 N–H and O–H groups in total. The topological polar surface area (TPSA) is 51.0 Å². The Morgan fingerprint density at radius 1 is 1.19 bits per heavy atom. The molecule has 2 aromatic heterocycles. The standard InChI is InChI=1S/C21H26N4O/c1-7-24(19-10-14(4)8-9-15(19)5)21(26)18-11-17-12-22-25(13(2)3)20(17)23-16(18)6/h8-13H,7H2,1-6H3. The van der Waals surface area contributed by atoms with E-state index in [-0.39, 0.29) is 11.9 Å². The Balaban J connectivity index is 2.08. The molecular weight excluding hydrogens is 324 g/mol. The van der Waals surface area contributed by atoms with Crippen molar-refractivity contribution >= 4 is 22.6 Å². The molecule has 5 nitrogen and oxygen atoms in total. The lowest BCUT2D eigenvalue weighted by Crippen LogP contribution is -2.32. The summed E-state index contributed by atoms with van der Waals surface area (Å²) >= 11 is 0. The molecule has 3 aromatic rings. The van der Waals surface area contributed by atoms with Gasteiger partial charge in [0.15, 0.2) is 5.65 Å². The van der Waals surface area contributed by atoms with Crippen molar-refractivity contribution in [2.75, 3.05) is 11.4 Å². The zero-order valence-electron chi connectivity index (χ0n) is 16.4. The van der Waals surface area contributed by atoms with Gasteiger partial charge in [-0.3, -0.25) is 4.79 Å². The highest BCUT2D eigenvalue weighted by molar-refractivity contribution is 6.08. The van der Waals surface area contributed by atoms with E-state index in [2.05, 4.69) is 42.1 Å². The first-order valence-electron chi connectivity index (χ1n) is 9.07. The largest absolute Gasteiger partial charge is 0.308 e. The van der Waals surface area contributed by atoms with Gasteiger partial charge in [0.05, 0.1) is 17.5 Å². The highest BCUT2D eigenvalue weighted by atomic mass is 16.2.